The van der Waals surface area contributed by atoms with Gasteiger partial charge in [0.2, 0.25) is 11.8 Å². The molecule has 7 aromatic rings. The first-order valence-corrected chi connectivity index (χ1v) is 27.0. The maximum atomic E-state index is 13.9. The van der Waals surface area contributed by atoms with Gasteiger partial charge in [-0.05, 0) is 132 Å². The van der Waals surface area contributed by atoms with Gasteiger partial charge < -0.3 is 48.4 Å². The quantitative estimate of drug-likeness (QED) is 0.0479. The van der Waals surface area contributed by atoms with Crippen molar-refractivity contribution in [1.29, 1.82) is 0 Å². The molecule has 4 aromatic heterocycles. The lowest BCUT2D eigenvalue weighted by molar-refractivity contribution is -0.122. The lowest BCUT2D eigenvalue weighted by atomic mass is 9.84. The molecule has 9 rings (SSSR count). The molecule has 2 fully saturated rings. The number of carbonyl (C=O) groups excluding carboxylic acids is 3. The number of nitrogens with one attached hydrogen (secondary N) is 3. The number of aryl methyl sites for hydroxylation is 1. The van der Waals surface area contributed by atoms with E-state index in [1.807, 2.05) is 120 Å². The van der Waals surface area contributed by atoms with Gasteiger partial charge >= 0.3 is 6.09 Å². The summed E-state index contributed by atoms with van der Waals surface area (Å²) in [6.07, 6.45) is 9.59. The van der Waals surface area contributed by atoms with E-state index in [1.165, 1.54) is 0 Å². The fraction of sp³-hybridized carbons (Fsp3) is 0.400. The molecule has 0 bridgehead atoms. The van der Waals surface area contributed by atoms with E-state index in [0.29, 0.717) is 116 Å². The number of nitrogens with zero attached hydrogens (tertiary/aromatic N) is 6. The first-order chi connectivity index (χ1) is 38.3. The summed E-state index contributed by atoms with van der Waals surface area (Å²) in [5, 5.41) is 8.97. The summed E-state index contributed by atoms with van der Waals surface area (Å²) >= 11 is 0. The van der Waals surface area contributed by atoms with Crippen molar-refractivity contribution in [2.75, 3.05) is 63.0 Å². The summed E-state index contributed by atoms with van der Waals surface area (Å²) in [4.78, 5) is 64.6. The van der Waals surface area contributed by atoms with Crippen LogP contribution < -0.4 is 30.3 Å². The van der Waals surface area contributed by atoms with Gasteiger partial charge in [-0.15, -0.1) is 0 Å². The maximum Gasteiger partial charge on any atom is 0.412 e. The smallest absolute Gasteiger partial charge is 0.412 e. The Kier molecular flexibility index (Phi) is 18.7. The number of fused-ring (bicyclic) bond motifs is 2. The van der Waals surface area contributed by atoms with E-state index in [9.17, 15) is 14.4 Å². The van der Waals surface area contributed by atoms with E-state index in [0.717, 1.165) is 54.5 Å². The minimum atomic E-state index is -0.597. The predicted molar refractivity (Wildman–Crippen MR) is 298 cm³/mol. The average molecular weight is 1080 g/mol. The molecule has 4 atom stereocenters. The Morgan fingerprint density at radius 3 is 2.20 bits per heavy atom. The van der Waals surface area contributed by atoms with E-state index in [-0.39, 0.29) is 24.5 Å². The Balaban J connectivity index is 0.650. The Morgan fingerprint density at radius 1 is 0.759 bits per heavy atom. The van der Waals surface area contributed by atoms with Gasteiger partial charge in [0.05, 0.1) is 68.8 Å². The van der Waals surface area contributed by atoms with Gasteiger partial charge in [0, 0.05) is 48.4 Å². The molecule has 1 unspecified atom stereocenters. The number of rotatable bonds is 24. The van der Waals surface area contributed by atoms with Crippen LogP contribution >= 0.6 is 0 Å². The molecule has 0 spiro atoms. The number of aromatic nitrogens is 5. The molecule has 1 saturated carbocycles. The molecule has 0 radical (unpaired) electrons. The number of hydrogen-bond donors (Lipinski definition) is 3. The highest BCUT2D eigenvalue weighted by atomic mass is 16.6. The zero-order valence-electron chi connectivity index (χ0n) is 45.4. The molecule has 19 nitrogen and oxygen atoms in total. The molecule has 19 heteroatoms. The zero-order chi connectivity index (χ0) is 55.1. The Bertz CT molecular complexity index is 3120. The van der Waals surface area contributed by atoms with Crippen LogP contribution in [0.2, 0.25) is 0 Å². The highest BCUT2D eigenvalue weighted by molar-refractivity contribution is 5.95. The number of oxazole rings is 1. The molecule has 414 valence electrons. The van der Waals surface area contributed by atoms with Gasteiger partial charge in [0.15, 0.2) is 5.58 Å². The molecule has 3 N–H and O–H groups in total. The van der Waals surface area contributed by atoms with Crippen LogP contribution in [0.15, 0.2) is 120 Å². The van der Waals surface area contributed by atoms with Crippen LogP contribution in [0.25, 0.3) is 33.7 Å². The van der Waals surface area contributed by atoms with Gasteiger partial charge in [-0.3, -0.25) is 24.9 Å². The van der Waals surface area contributed by atoms with Crippen LogP contribution in [-0.4, -0.2) is 113 Å². The molecule has 5 heterocycles. The van der Waals surface area contributed by atoms with Crippen molar-refractivity contribution in [2.24, 2.45) is 5.92 Å². The summed E-state index contributed by atoms with van der Waals surface area (Å²) in [7, 11) is 0. The molecule has 79 heavy (non-hydrogen) atoms. The van der Waals surface area contributed by atoms with Crippen molar-refractivity contribution < 1.29 is 47.2 Å². The zero-order valence-corrected chi connectivity index (χ0v) is 45.4. The first-order valence-electron chi connectivity index (χ1n) is 27.0. The highest BCUT2D eigenvalue weighted by Crippen LogP contribution is 2.42. The molecule has 2 aliphatic rings. The molecule has 3 amide bonds. The molecule has 3 aromatic carbocycles. The predicted octanol–water partition coefficient (Wildman–Crippen LogP) is 9.85. The lowest BCUT2D eigenvalue weighted by Crippen LogP contribution is -2.48. The van der Waals surface area contributed by atoms with Crippen molar-refractivity contribution in [3.63, 3.8) is 0 Å². The Labute approximate surface area is 460 Å². The summed E-state index contributed by atoms with van der Waals surface area (Å²) in [6.45, 7) is 12.5. The van der Waals surface area contributed by atoms with Gasteiger partial charge in [-0.1, -0.05) is 37.1 Å². The monoisotopic (exact) mass is 1080 g/mol. The SMILES string of the molecule is Cc1nc(C(C)NC(=O)c2ccc(-c3ccc(NC(=O)OC(C)(C)C)cc3)cc2)cc(N2[C@H](C(=O)NCCOCCOCCOCCOc3ccc(COc4ccc5oc(-c6cccnc6)nc5c4)nc3)C[C@@H]3CCCC[C@@H]32)n1. The normalized spacial score (nSPS) is 16.5. The standard InChI is InChI=1S/C60H69N9O10/c1-39(64-56(70)43-14-12-41(13-15-43)42-16-18-46(19-17-42)67-59(72)79-60(3,4)5)50-35-55(66-40(2)65-50)69-52-11-7-6-9-44(52)33-53(69)57(71)62-25-26-73-27-28-74-29-30-75-31-32-76-49-21-20-47(63-37-49)38-77-48-22-23-54-51(34-48)68-58(78-54)45-10-8-24-61-36-45/h8,10,12-24,34-37,39,44,52-53H,6-7,9,11,25-33,38H2,1-5H3,(H,62,71)(H,64,70)(H,67,72)/t39?,44-,52-,53-/m0/s1. The second-order valence-electron chi connectivity index (χ2n) is 20.6. The first kappa shape index (κ1) is 55.7. The number of anilines is 2. The summed E-state index contributed by atoms with van der Waals surface area (Å²) in [5.41, 5.74) is 5.95. The van der Waals surface area contributed by atoms with Crippen molar-refractivity contribution in [1.82, 2.24) is 35.6 Å². The van der Waals surface area contributed by atoms with Crippen molar-refractivity contribution >= 4 is 40.5 Å². The summed E-state index contributed by atoms with van der Waals surface area (Å²) in [5.74, 6) is 3.14. The van der Waals surface area contributed by atoms with Crippen LogP contribution in [0.4, 0.5) is 16.3 Å². The van der Waals surface area contributed by atoms with Crippen LogP contribution in [0.1, 0.15) is 93.4 Å². The third kappa shape index (κ3) is 15.6. The van der Waals surface area contributed by atoms with Gasteiger partial charge in [-0.2, -0.15) is 0 Å². The van der Waals surface area contributed by atoms with E-state index < -0.39 is 23.8 Å². The maximum absolute atomic E-state index is 13.9. The van der Waals surface area contributed by atoms with Crippen molar-refractivity contribution in [2.45, 2.75) is 97.1 Å². The van der Waals surface area contributed by atoms with Gasteiger partial charge in [0.1, 0.15) is 53.5 Å². The minimum absolute atomic E-state index is 0.0555. The van der Waals surface area contributed by atoms with Crippen LogP contribution in [-0.2, 0) is 30.3 Å². The molecular weight excluding hydrogens is 1010 g/mol. The molecule has 1 aliphatic carbocycles. The minimum Gasteiger partial charge on any atom is -0.490 e. The fourth-order valence-corrected chi connectivity index (χ4v) is 9.76. The number of amides is 3. The third-order valence-corrected chi connectivity index (χ3v) is 13.5. The molecule has 1 saturated heterocycles. The number of hydrogen-bond acceptors (Lipinski definition) is 16. The Hall–Kier alpha value is -8.00. The van der Waals surface area contributed by atoms with E-state index in [4.69, 9.17) is 42.8 Å². The third-order valence-electron chi connectivity index (χ3n) is 13.5. The molecular formula is C60H69N9O10. The average Bonchev–Trinajstić information content (AvgIpc) is 4.26. The van der Waals surface area contributed by atoms with Crippen LogP contribution in [0.5, 0.6) is 11.5 Å². The second kappa shape index (κ2) is 26.6. The Morgan fingerprint density at radius 2 is 1.48 bits per heavy atom. The van der Waals surface area contributed by atoms with Gasteiger partial charge in [0.25, 0.3) is 5.91 Å². The second-order valence-corrected chi connectivity index (χ2v) is 20.6. The van der Waals surface area contributed by atoms with Crippen LogP contribution in [0.3, 0.4) is 0 Å². The topological polar surface area (TPSA) is 224 Å². The highest BCUT2D eigenvalue weighted by Gasteiger charge is 2.46. The summed E-state index contributed by atoms with van der Waals surface area (Å²) in [6, 6.07) is 29.0. The van der Waals surface area contributed by atoms with E-state index >= 15 is 0 Å². The summed E-state index contributed by atoms with van der Waals surface area (Å²) < 4.78 is 40.1. The van der Waals surface area contributed by atoms with E-state index in [1.54, 1.807) is 30.7 Å². The lowest BCUT2D eigenvalue weighted by Gasteiger charge is -2.35. The largest absolute Gasteiger partial charge is 0.490 e. The van der Waals surface area contributed by atoms with Crippen molar-refractivity contribution in [3.05, 3.63) is 138 Å². The number of pyridine rings is 2. The number of benzene rings is 3. The van der Waals surface area contributed by atoms with Gasteiger partial charge in [-0.25, -0.2) is 19.7 Å². The molecule has 1 aliphatic heterocycles. The number of carbonyl (C=O) groups is 3. The van der Waals surface area contributed by atoms with Crippen molar-refractivity contribution in [3.8, 4) is 34.1 Å². The fourth-order valence-electron chi connectivity index (χ4n) is 9.76. The van der Waals surface area contributed by atoms with E-state index in [2.05, 4.69) is 35.8 Å². The number of ether oxygens (including phenoxy) is 6. The van der Waals surface area contributed by atoms with Crippen LogP contribution in [0, 0.1) is 12.8 Å².